The maximum Gasteiger partial charge on any atom is 0.247 e. The molecule has 1 aromatic rings. The van der Waals surface area contributed by atoms with Crippen molar-refractivity contribution in [1.29, 1.82) is 0 Å². The fourth-order valence-electron chi connectivity index (χ4n) is 2.06. The molecule has 2 amide bonds. The van der Waals surface area contributed by atoms with E-state index in [2.05, 4.69) is 17.2 Å². The van der Waals surface area contributed by atoms with E-state index in [4.69, 9.17) is 4.74 Å². The zero-order valence-corrected chi connectivity index (χ0v) is 14.3. The summed E-state index contributed by atoms with van der Waals surface area (Å²) in [6.45, 7) is 11.5. The largest absolute Gasteiger partial charge is 0.487 e. The third kappa shape index (κ3) is 7.00. The first-order valence-electron chi connectivity index (χ1n) is 7.73. The fraction of sp³-hybridized carbons (Fsp3) is 0.444. The van der Waals surface area contributed by atoms with Gasteiger partial charge < -0.3 is 15.4 Å². The van der Waals surface area contributed by atoms with Crippen molar-refractivity contribution in [2.45, 2.75) is 40.2 Å². The van der Waals surface area contributed by atoms with Crippen LogP contribution < -0.4 is 15.4 Å². The highest BCUT2D eigenvalue weighted by Crippen LogP contribution is 2.24. The van der Waals surface area contributed by atoms with Crippen molar-refractivity contribution < 1.29 is 14.3 Å². The second-order valence-corrected chi connectivity index (χ2v) is 6.11. The molecular weight excluding hydrogens is 292 g/mol. The lowest BCUT2D eigenvalue weighted by atomic mass is 10.0. The van der Waals surface area contributed by atoms with E-state index in [-0.39, 0.29) is 17.7 Å². The number of hydrogen-bond acceptors (Lipinski definition) is 3. The Labute approximate surface area is 138 Å². The minimum Gasteiger partial charge on any atom is -0.487 e. The third-order valence-electron chi connectivity index (χ3n) is 3.02. The smallest absolute Gasteiger partial charge is 0.247 e. The topological polar surface area (TPSA) is 67.4 Å². The molecule has 23 heavy (non-hydrogen) atoms. The van der Waals surface area contributed by atoms with Crippen molar-refractivity contribution in [2.24, 2.45) is 5.92 Å². The SMILES string of the molecule is C=C(C)COc1ccccc1NC(=O)C(CC(C)C)NC(C)=O. The Morgan fingerprint density at radius 3 is 2.43 bits per heavy atom. The molecule has 0 aromatic heterocycles. The van der Waals surface area contributed by atoms with E-state index in [9.17, 15) is 9.59 Å². The first-order chi connectivity index (χ1) is 10.8. The molecule has 0 saturated heterocycles. The lowest BCUT2D eigenvalue weighted by molar-refractivity contribution is -0.125. The Hall–Kier alpha value is -2.30. The van der Waals surface area contributed by atoms with Crippen LogP contribution in [-0.2, 0) is 9.59 Å². The molecule has 2 N–H and O–H groups in total. The molecule has 0 aliphatic heterocycles. The van der Waals surface area contributed by atoms with Gasteiger partial charge in [-0.25, -0.2) is 0 Å². The first kappa shape index (κ1) is 18.7. The van der Waals surface area contributed by atoms with Crippen LogP contribution >= 0.6 is 0 Å². The third-order valence-corrected chi connectivity index (χ3v) is 3.02. The highest BCUT2D eigenvalue weighted by molar-refractivity contribution is 5.98. The number of nitrogens with one attached hydrogen (secondary N) is 2. The number of carbonyl (C=O) groups excluding carboxylic acids is 2. The average molecular weight is 318 g/mol. The minimum atomic E-state index is -0.568. The van der Waals surface area contributed by atoms with Crippen LogP contribution in [0.5, 0.6) is 5.75 Å². The van der Waals surface area contributed by atoms with Gasteiger partial charge in [0.15, 0.2) is 0 Å². The van der Waals surface area contributed by atoms with Crippen molar-refractivity contribution in [1.82, 2.24) is 5.32 Å². The summed E-state index contributed by atoms with van der Waals surface area (Å²) >= 11 is 0. The number of benzene rings is 1. The summed E-state index contributed by atoms with van der Waals surface area (Å²) < 4.78 is 5.64. The van der Waals surface area contributed by atoms with Crippen LogP contribution in [0.4, 0.5) is 5.69 Å². The molecule has 126 valence electrons. The van der Waals surface area contributed by atoms with Crippen molar-refractivity contribution >= 4 is 17.5 Å². The Morgan fingerprint density at radius 1 is 1.22 bits per heavy atom. The van der Waals surface area contributed by atoms with Gasteiger partial charge in [0.25, 0.3) is 0 Å². The van der Waals surface area contributed by atoms with Crippen LogP contribution in [0.2, 0.25) is 0 Å². The Balaban J connectivity index is 2.84. The van der Waals surface area contributed by atoms with E-state index in [1.807, 2.05) is 32.9 Å². The quantitative estimate of drug-likeness (QED) is 0.724. The zero-order chi connectivity index (χ0) is 17.4. The summed E-state index contributed by atoms with van der Waals surface area (Å²) in [6, 6.07) is 6.64. The maximum atomic E-state index is 12.5. The van der Waals surface area contributed by atoms with Gasteiger partial charge in [0.2, 0.25) is 11.8 Å². The van der Waals surface area contributed by atoms with Crippen LogP contribution in [0, 0.1) is 5.92 Å². The van der Waals surface area contributed by atoms with Gasteiger partial charge in [-0.3, -0.25) is 9.59 Å². The van der Waals surface area contributed by atoms with Gasteiger partial charge in [0.1, 0.15) is 18.4 Å². The summed E-state index contributed by atoms with van der Waals surface area (Å²) in [5.74, 6) is 0.389. The molecule has 0 aliphatic rings. The number of amides is 2. The monoisotopic (exact) mass is 318 g/mol. The first-order valence-corrected chi connectivity index (χ1v) is 7.73. The van der Waals surface area contributed by atoms with Gasteiger partial charge in [-0.05, 0) is 37.0 Å². The summed E-state index contributed by atoms with van der Waals surface area (Å²) in [7, 11) is 0. The van der Waals surface area contributed by atoms with Gasteiger partial charge >= 0.3 is 0 Å². The minimum absolute atomic E-state index is 0.224. The van der Waals surface area contributed by atoms with E-state index in [1.54, 1.807) is 12.1 Å². The zero-order valence-electron chi connectivity index (χ0n) is 14.3. The molecule has 0 saturated carbocycles. The molecule has 0 aliphatic carbocycles. The molecule has 0 radical (unpaired) electrons. The van der Waals surface area contributed by atoms with E-state index < -0.39 is 6.04 Å². The van der Waals surface area contributed by atoms with E-state index in [0.29, 0.717) is 24.5 Å². The van der Waals surface area contributed by atoms with Gasteiger partial charge in [-0.15, -0.1) is 0 Å². The molecule has 1 rings (SSSR count). The van der Waals surface area contributed by atoms with Crippen molar-refractivity contribution in [3.63, 3.8) is 0 Å². The van der Waals surface area contributed by atoms with Gasteiger partial charge in [-0.2, -0.15) is 0 Å². The fourth-order valence-corrected chi connectivity index (χ4v) is 2.06. The van der Waals surface area contributed by atoms with Crippen LogP contribution in [0.15, 0.2) is 36.4 Å². The summed E-state index contributed by atoms with van der Waals surface area (Å²) in [6.07, 6.45) is 0.570. The summed E-state index contributed by atoms with van der Waals surface area (Å²) in [5, 5.41) is 5.53. The second kappa shape index (κ2) is 8.98. The van der Waals surface area contributed by atoms with Crippen molar-refractivity contribution in [2.75, 3.05) is 11.9 Å². The van der Waals surface area contributed by atoms with Crippen LogP contribution in [0.3, 0.4) is 0 Å². The van der Waals surface area contributed by atoms with E-state index in [0.717, 1.165) is 5.57 Å². The molecule has 0 fully saturated rings. The van der Waals surface area contributed by atoms with Gasteiger partial charge in [0.05, 0.1) is 5.69 Å². The Morgan fingerprint density at radius 2 is 1.87 bits per heavy atom. The molecule has 0 spiro atoms. The highest BCUT2D eigenvalue weighted by atomic mass is 16.5. The second-order valence-electron chi connectivity index (χ2n) is 6.11. The lowest BCUT2D eigenvalue weighted by Crippen LogP contribution is -2.43. The number of hydrogen-bond donors (Lipinski definition) is 2. The molecule has 0 bridgehead atoms. The molecule has 1 atom stereocenters. The number of anilines is 1. The summed E-state index contributed by atoms with van der Waals surface area (Å²) in [4.78, 5) is 23.8. The van der Waals surface area contributed by atoms with E-state index in [1.165, 1.54) is 6.92 Å². The predicted molar refractivity (Wildman–Crippen MR) is 92.4 cm³/mol. The van der Waals surface area contributed by atoms with Crippen molar-refractivity contribution in [3.8, 4) is 5.75 Å². The number of carbonyl (C=O) groups is 2. The maximum absolute atomic E-state index is 12.5. The standard InChI is InChI=1S/C18H26N2O3/c1-12(2)10-16(19-14(5)21)18(22)20-15-8-6-7-9-17(15)23-11-13(3)4/h6-9,12,16H,3,10-11H2,1-2,4-5H3,(H,19,21)(H,20,22). The molecule has 0 heterocycles. The predicted octanol–water partition coefficient (Wildman–Crippen LogP) is 3.13. The van der Waals surface area contributed by atoms with Gasteiger partial charge in [0, 0.05) is 6.92 Å². The molecule has 5 nitrogen and oxygen atoms in total. The van der Waals surface area contributed by atoms with E-state index >= 15 is 0 Å². The molecule has 1 aromatic carbocycles. The number of rotatable bonds is 8. The number of para-hydroxylation sites is 2. The van der Waals surface area contributed by atoms with Gasteiger partial charge in [-0.1, -0.05) is 32.6 Å². The van der Waals surface area contributed by atoms with Crippen molar-refractivity contribution in [3.05, 3.63) is 36.4 Å². The average Bonchev–Trinajstić information content (AvgIpc) is 2.44. The van der Waals surface area contributed by atoms with Crippen LogP contribution in [-0.4, -0.2) is 24.5 Å². The molecule has 1 unspecified atom stereocenters. The van der Waals surface area contributed by atoms with Crippen LogP contribution in [0.1, 0.15) is 34.1 Å². The number of ether oxygens (including phenoxy) is 1. The normalized spacial score (nSPS) is 11.7. The highest BCUT2D eigenvalue weighted by Gasteiger charge is 2.21. The molecular formula is C18H26N2O3. The van der Waals surface area contributed by atoms with Crippen LogP contribution in [0.25, 0.3) is 0 Å². The Kier molecular flexibility index (Phi) is 7.32. The Bertz CT molecular complexity index is 567. The summed E-state index contributed by atoms with van der Waals surface area (Å²) in [5.41, 5.74) is 1.47. The molecule has 5 heteroatoms. The lowest BCUT2D eigenvalue weighted by Gasteiger charge is -2.20.